The molecule has 0 aliphatic rings. The second kappa shape index (κ2) is 8.60. The van der Waals surface area contributed by atoms with Crippen molar-refractivity contribution in [2.45, 2.75) is 18.7 Å². The predicted octanol–water partition coefficient (Wildman–Crippen LogP) is 4.65. The van der Waals surface area contributed by atoms with E-state index >= 15 is 0 Å². The van der Waals surface area contributed by atoms with Crippen LogP contribution in [0.1, 0.15) is 27.4 Å². The molecular formula is C27H20F2N6O3S. The van der Waals surface area contributed by atoms with Crippen molar-refractivity contribution in [3.8, 4) is 5.69 Å². The lowest BCUT2D eigenvalue weighted by molar-refractivity contribution is 0.103. The molecule has 3 heterocycles. The van der Waals surface area contributed by atoms with Crippen LogP contribution in [0.2, 0.25) is 0 Å². The van der Waals surface area contributed by atoms with Crippen molar-refractivity contribution in [3.05, 3.63) is 101 Å². The maximum atomic E-state index is 14.8. The number of aromatic amines is 1. The van der Waals surface area contributed by atoms with Crippen LogP contribution in [0.25, 0.3) is 27.6 Å². The summed E-state index contributed by atoms with van der Waals surface area (Å²) in [7, 11) is -4.45. The molecule has 3 N–H and O–H groups in total. The molecule has 0 saturated carbocycles. The van der Waals surface area contributed by atoms with Gasteiger partial charge >= 0.3 is 0 Å². The average Bonchev–Trinajstić information content (AvgIpc) is 3.57. The number of fused-ring (bicyclic) bond motifs is 2. The van der Waals surface area contributed by atoms with E-state index in [9.17, 15) is 22.0 Å². The summed E-state index contributed by atoms with van der Waals surface area (Å²) in [5.74, 6) is -2.17. The van der Waals surface area contributed by atoms with Crippen molar-refractivity contribution in [1.82, 2.24) is 23.7 Å². The van der Waals surface area contributed by atoms with E-state index in [1.807, 2.05) is 6.92 Å². The van der Waals surface area contributed by atoms with E-state index < -0.39 is 33.1 Å². The van der Waals surface area contributed by atoms with Crippen LogP contribution in [-0.4, -0.2) is 37.9 Å². The zero-order valence-corrected chi connectivity index (χ0v) is 21.4. The highest BCUT2D eigenvalue weighted by Crippen LogP contribution is 2.31. The summed E-state index contributed by atoms with van der Waals surface area (Å²) in [4.78, 5) is 21.1. The molecule has 0 aliphatic heterocycles. The zero-order chi connectivity index (χ0) is 27.6. The van der Waals surface area contributed by atoms with Gasteiger partial charge in [0.25, 0.3) is 10.0 Å². The number of carbonyl (C=O) groups is 1. The van der Waals surface area contributed by atoms with Crippen LogP contribution in [0.4, 0.5) is 14.6 Å². The molecule has 12 heteroatoms. The summed E-state index contributed by atoms with van der Waals surface area (Å²) >= 11 is 0. The van der Waals surface area contributed by atoms with Crippen LogP contribution in [0.5, 0.6) is 0 Å². The number of nitrogens with one attached hydrogen (secondary N) is 1. The van der Waals surface area contributed by atoms with Gasteiger partial charge in [-0.3, -0.25) is 4.79 Å². The number of imidazole rings is 1. The summed E-state index contributed by atoms with van der Waals surface area (Å²) in [6.45, 7) is 3.60. The molecule has 9 nitrogen and oxygen atoms in total. The average molecular weight is 547 g/mol. The normalized spacial score (nSPS) is 12.0. The molecule has 0 amide bonds. The largest absolute Gasteiger partial charge is 0.383 e. The highest BCUT2D eigenvalue weighted by Gasteiger charge is 2.30. The van der Waals surface area contributed by atoms with Gasteiger partial charge in [-0.2, -0.15) is 5.10 Å². The predicted molar refractivity (Wildman–Crippen MR) is 141 cm³/mol. The summed E-state index contributed by atoms with van der Waals surface area (Å²) in [6.07, 6.45) is 1.21. The molecule has 0 aliphatic carbocycles. The number of nitrogens with zero attached hydrogens (tertiary/aromatic N) is 4. The molecule has 0 radical (unpaired) electrons. The molecular weight excluding hydrogens is 526 g/mol. The molecule has 39 heavy (non-hydrogen) atoms. The Bertz CT molecular complexity index is 2060. The van der Waals surface area contributed by atoms with Crippen molar-refractivity contribution in [2.24, 2.45) is 0 Å². The first-order chi connectivity index (χ1) is 18.5. The Morgan fingerprint density at radius 2 is 1.74 bits per heavy atom. The molecule has 0 spiro atoms. The van der Waals surface area contributed by atoms with Gasteiger partial charge in [-0.15, -0.1) is 0 Å². The maximum absolute atomic E-state index is 14.8. The standard InChI is InChI=1S/C27H20F2N6O3S/c1-14-3-6-18(7-4-14)39(37,38)35-24-10-16(28)9-21(29)19(24)12-25(35)26(36)20-13-31-34(27(20)30)17-5-8-22-23(11-17)33-15(2)32-22/h3-13H,30H2,1-2H3,(H,32,33). The first-order valence-corrected chi connectivity index (χ1v) is 13.2. The number of hydrogen-bond donors (Lipinski definition) is 2. The lowest BCUT2D eigenvalue weighted by Gasteiger charge is -2.12. The number of halogens is 2. The van der Waals surface area contributed by atoms with Gasteiger partial charge < -0.3 is 10.7 Å². The number of ketones is 1. The Morgan fingerprint density at radius 1 is 1.00 bits per heavy atom. The van der Waals surface area contributed by atoms with Crippen molar-refractivity contribution in [3.63, 3.8) is 0 Å². The minimum Gasteiger partial charge on any atom is -0.383 e. The highest BCUT2D eigenvalue weighted by atomic mass is 32.2. The number of nitrogen functional groups attached to an aromatic ring is 1. The smallest absolute Gasteiger partial charge is 0.268 e. The van der Waals surface area contributed by atoms with Gasteiger partial charge in [0, 0.05) is 11.5 Å². The number of benzene rings is 3. The van der Waals surface area contributed by atoms with Crippen LogP contribution >= 0.6 is 0 Å². The van der Waals surface area contributed by atoms with Gasteiger partial charge in [-0.1, -0.05) is 17.7 Å². The Labute approximate surface area is 220 Å². The molecule has 0 saturated heterocycles. The lowest BCUT2D eigenvalue weighted by atomic mass is 10.1. The van der Waals surface area contributed by atoms with Gasteiger partial charge in [0.15, 0.2) is 0 Å². The van der Waals surface area contributed by atoms with Crippen molar-refractivity contribution < 1.29 is 22.0 Å². The van der Waals surface area contributed by atoms with Crippen LogP contribution in [0, 0.1) is 25.5 Å². The first-order valence-electron chi connectivity index (χ1n) is 11.7. The van der Waals surface area contributed by atoms with Crippen molar-refractivity contribution in [1.29, 1.82) is 0 Å². The fraction of sp³-hybridized carbons (Fsp3) is 0.0741. The van der Waals surface area contributed by atoms with Gasteiger partial charge in [0.05, 0.1) is 38.9 Å². The topological polar surface area (TPSA) is 129 Å². The summed E-state index contributed by atoms with van der Waals surface area (Å²) in [6, 6.07) is 13.7. The molecule has 0 bridgehead atoms. The van der Waals surface area contributed by atoms with E-state index in [-0.39, 0.29) is 27.2 Å². The molecule has 6 aromatic rings. The van der Waals surface area contributed by atoms with E-state index in [4.69, 9.17) is 5.73 Å². The minimum atomic E-state index is -4.45. The summed E-state index contributed by atoms with van der Waals surface area (Å²) in [5, 5.41) is 4.00. The third kappa shape index (κ3) is 3.87. The number of anilines is 1. The van der Waals surface area contributed by atoms with E-state index in [2.05, 4.69) is 15.1 Å². The second-order valence-electron chi connectivity index (χ2n) is 9.14. The third-order valence-corrected chi connectivity index (χ3v) is 8.20. The summed E-state index contributed by atoms with van der Waals surface area (Å²) < 4.78 is 58.5. The SMILES string of the molecule is Cc1ccc(S(=O)(=O)n2c(C(=O)c3cnn(-c4ccc5nc(C)[nH]c5c4)c3N)cc3c(F)cc(F)cc32)cc1. The number of nitrogens with two attached hydrogens (primary N) is 1. The van der Waals surface area contributed by atoms with Gasteiger partial charge in [0.2, 0.25) is 5.78 Å². The number of H-pyrrole nitrogens is 1. The third-order valence-electron chi connectivity index (χ3n) is 6.46. The fourth-order valence-corrected chi connectivity index (χ4v) is 6.07. The first kappa shape index (κ1) is 24.5. The Balaban J connectivity index is 1.53. The van der Waals surface area contributed by atoms with Crippen LogP contribution in [0.3, 0.4) is 0 Å². The monoisotopic (exact) mass is 546 g/mol. The molecule has 3 aromatic heterocycles. The van der Waals surface area contributed by atoms with E-state index in [0.29, 0.717) is 15.7 Å². The number of aromatic nitrogens is 5. The number of rotatable bonds is 5. The van der Waals surface area contributed by atoms with Gasteiger partial charge in [0.1, 0.15) is 29.0 Å². The Hall–Kier alpha value is -4.84. The number of carbonyl (C=O) groups excluding carboxylic acids is 1. The molecule has 6 rings (SSSR count). The van der Waals surface area contributed by atoms with Crippen molar-refractivity contribution in [2.75, 3.05) is 5.73 Å². The molecule has 0 atom stereocenters. The Kier molecular flexibility index (Phi) is 5.40. The van der Waals surface area contributed by atoms with E-state index in [1.54, 1.807) is 37.3 Å². The quantitative estimate of drug-likeness (QED) is 0.303. The van der Waals surface area contributed by atoms with E-state index in [0.717, 1.165) is 34.6 Å². The van der Waals surface area contributed by atoms with Crippen LogP contribution < -0.4 is 5.73 Å². The molecule has 3 aromatic carbocycles. The van der Waals surface area contributed by atoms with E-state index in [1.165, 1.54) is 23.0 Å². The zero-order valence-electron chi connectivity index (χ0n) is 20.6. The minimum absolute atomic E-state index is 0.0632. The fourth-order valence-electron chi connectivity index (χ4n) is 4.57. The maximum Gasteiger partial charge on any atom is 0.268 e. The second-order valence-corrected chi connectivity index (χ2v) is 10.9. The summed E-state index contributed by atoms with van der Waals surface area (Å²) in [5.41, 5.74) is 8.28. The number of hydrogen-bond acceptors (Lipinski definition) is 6. The highest BCUT2D eigenvalue weighted by molar-refractivity contribution is 7.90. The Morgan fingerprint density at radius 3 is 2.49 bits per heavy atom. The number of aryl methyl sites for hydroxylation is 2. The van der Waals surface area contributed by atoms with Gasteiger partial charge in [-0.25, -0.2) is 30.8 Å². The van der Waals surface area contributed by atoms with Crippen LogP contribution in [0.15, 0.2) is 71.8 Å². The molecule has 0 unspecified atom stereocenters. The van der Waals surface area contributed by atoms with Crippen molar-refractivity contribution >= 4 is 43.6 Å². The molecule has 0 fully saturated rings. The van der Waals surface area contributed by atoms with Gasteiger partial charge in [-0.05, 0) is 56.3 Å². The molecule has 196 valence electrons. The van der Waals surface area contributed by atoms with Crippen LogP contribution in [-0.2, 0) is 10.0 Å². The lowest BCUT2D eigenvalue weighted by Crippen LogP contribution is -2.19.